The number of aromatic nitrogens is 1. The lowest BCUT2D eigenvalue weighted by Crippen LogP contribution is -2.45. The average Bonchev–Trinajstić information content (AvgIpc) is 2.75. The topological polar surface area (TPSA) is 75.3 Å². The Hall–Kier alpha value is -2.83. The van der Waals surface area contributed by atoms with Crippen LogP contribution in [0.5, 0.6) is 5.75 Å². The summed E-state index contributed by atoms with van der Waals surface area (Å²) >= 11 is 6.03. The van der Waals surface area contributed by atoms with Crippen LogP contribution in [0.4, 0.5) is 5.69 Å². The van der Waals surface area contributed by atoms with Crippen molar-refractivity contribution in [3.8, 4) is 5.75 Å². The van der Waals surface area contributed by atoms with Crippen molar-refractivity contribution in [3.05, 3.63) is 65.3 Å². The lowest BCUT2D eigenvalue weighted by molar-refractivity contribution is -0.122. The van der Waals surface area contributed by atoms with Crippen LogP contribution in [0, 0.1) is 0 Å². The van der Waals surface area contributed by atoms with Gasteiger partial charge in [0, 0.05) is 35.4 Å². The summed E-state index contributed by atoms with van der Waals surface area (Å²) in [6.07, 6.45) is 2.35. The predicted octanol–water partition coefficient (Wildman–Crippen LogP) is 3.26. The molecule has 3 rings (SSSR count). The lowest BCUT2D eigenvalue weighted by atomic mass is 10.1. The van der Waals surface area contributed by atoms with Crippen LogP contribution in [-0.4, -0.2) is 44.2 Å². The number of anilines is 1. The van der Waals surface area contributed by atoms with Crippen LogP contribution >= 0.6 is 11.6 Å². The van der Waals surface area contributed by atoms with E-state index in [0.29, 0.717) is 24.5 Å². The summed E-state index contributed by atoms with van der Waals surface area (Å²) in [5, 5.41) is 11.1. The number of ether oxygens (including phenoxy) is 1. The first kappa shape index (κ1) is 20.9. The highest BCUT2D eigenvalue weighted by Crippen LogP contribution is 2.24. The molecular weight excluding hydrogens is 388 g/mol. The van der Waals surface area contributed by atoms with Gasteiger partial charge in [0.1, 0.15) is 5.75 Å². The summed E-state index contributed by atoms with van der Waals surface area (Å²) < 4.78 is 5.17. The van der Waals surface area contributed by atoms with Crippen molar-refractivity contribution in [3.63, 3.8) is 0 Å². The van der Waals surface area contributed by atoms with E-state index in [-0.39, 0.29) is 11.9 Å². The third-order valence-corrected chi connectivity index (χ3v) is 4.94. The molecule has 0 radical (unpaired) electrons. The summed E-state index contributed by atoms with van der Waals surface area (Å²) in [4.78, 5) is 16.8. The van der Waals surface area contributed by atoms with Crippen LogP contribution in [0.3, 0.4) is 0 Å². The third-order valence-electron chi connectivity index (χ3n) is 4.71. The molecule has 0 saturated heterocycles. The van der Waals surface area contributed by atoms with Crippen molar-refractivity contribution in [2.24, 2.45) is 0 Å². The Bertz CT molecular complexity index is 963. The van der Waals surface area contributed by atoms with Crippen molar-refractivity contribution < 1.29 is 9.53 Å². The zero-order chi connectivity index (χ0) is 20.6. The summed E-state index contributed by atoms with van der Waals surface area (Å²) in [6, 6.07) is 15.0. The molecule has 2 aromatic carbocycles. The Morgan fingerprint density at radius 3 is 2.66 bits per heavy atom. The van der Waals surface area contributed by atoms with Gasteiger partial charge < -0.3 is 20.7 Å². The number of hydrogen-bond donors (Lipinski definition) is 3. The van der Waals surface area contributed by atoms with Crippen LogP contribution < -0.4 is 20.7 Å². The molecule has 0 fully saturated rings. The molecule has 0 saturated carbocycles. The maximum Gasteiger partial charge on any atom is 0.237 e. The fraction of sp³-hybridized carbons (Fsp3) is 0.273. The minimum absolute atomic E-state index is 0.0310. The highest BCUT2D eigenvalue weighted by atomic mass is 35.5. The van der Waals surface area contributed by atoms with Gasteiger partial charge >= 0.3 is 0 Å². The van der Waals surface area contributed by atoms with Gasteiger partial charge in [-0.15, -0.1) is 0 Å². The molecule has 0 spiro atoms. The van der Waals surface area contributed by atoms with E-state index < -0.39 is 0 Å². The van der Waals surface area contributed by atoms with Gasteiger partial charge in [-0.25, -0.2) is 0 Å². The molecule has 1 heterocycles. The molecule has 0 bridgehead atoms. The summed E-state index contributed by atoms with van der Waals surface area (Å²) in [6.45, 7) is 1.11. The number of hydrogen-bond acceptors (Lipinski definition) is 5. The molecule has 0 aliphatic rings. The molecular formula is C22H25ClN4O2. The average molecular weight is 413 g/mol. The van der Waals surface area contributed by atoms with E-state index in [1.165, 1.54) is 0 Å². The van der Waals surface area contributed by atoms with Crippen molar-refractivity contribution in [2.45, 2.75) is 12.5 Å². The molecule has 1 amide bonds. The van der Waals surface area contributed by atoms with Gasteiger partial charge in [0.15, 0.2) is 0 Å². The number of nitrogens with zero attached hydrogens (tertiary/aromatic N) is 1. The Morgan fingerprint density at radius 2 is 1.93 bits per heavy atom. The molecule has 1 aromatic heterocycles. The van der Waals surface area contributed by atoms with Gasteiger partial charge in [0.05, 0.1) is 18.7 Å². The standard InChI is InChI=1S/C22H25ClN4O2/c1-24-21(13-15-3-6-17(29-2)7-4-15)22(28)27-12-11-26-19-9-10-25-20-14-16(23)5-8-18(19)20/h3-10,14,21,24H,11-13H2,1-2H3,(H,25,26)(H,27,28)/t21-/m0/s1. The van der Waals surface area contributed by atoms with Gasteiger partial charge in [0.2, 0.25) is 5.91 Å². The van der Waals surface area contributed by atoms with E-state index in [2.05, 4.69) is 20.9 Å². The van der Waals surface area contributed by atoms with E-state index in [9.17, 15) is 4.79 Å². The highest BCUT2D eigenvalue weighted by Gasteiger charge is 2.16. The van der Waals surface area contributed by atoms with E-state index >= 15 is 0 Å². The molecule has 0 aliphatic carbocycles. The number of nitrogens with one attached hydrogen (secondary N) is 3. The first-order valence-electron chi connectivity index (χ1n) is 9.46. The first-order chi connectivity index (χ1) is 14.1. The number of rotatable bonds is 9. The van der Waals surface area contributed by atoms with Gasteiger partial charge in [-0.1, -0.05) is 23.7 Å². The maximum atomic E-state index is 12.5. The quantitative estimate of drug-likeness (QED) is 0.470. The van der Waals surface area contributed by atoms with Crippen LogP contribution in [-0.2, 0) is 11.2 Å². The Kier molecular flexibility index (Phi) is 7.27. The molecule has 1 atom stereocenters. The number of amides is 1. The van der Waals surface area contributed by atoms with Crippen LogP contribution in [0.15, 0.2) is 54.7 Å². The Morgan fingerprint density at radius 1 is 1.14 bits per heavy atom. The fourth-order valence-corrected chi connectivity index (χ4v) is 3.27. The highest BCUT2D eigenvalue weighted by molar-refractivity contribution is 6.31. The van der Waals surface area contributed by atoms with E-state index in [4.69, 9.17) is 16.3 Å². The van der Waals surface area contributed by atoms with Gasteiger partial charge in [-0.3, -0.25) is 9.78 Å². The minimum Gasteiger partial charge on any atom is -0.497 e. The normalized spacial score (nSPS) is 11.8. The van der Waals surface area contributed by atoms with Gasteiger partial charge in [-0.05, 0) is 55.4 Å². The number of likely N-dealkylation sites (N-methyl/N-ethyl adjacent to an activating group) is 1. The summed E-state index contributed by atoms with van der Waals surface area (Å²) in [7, 11) is 3.43. The van der Waals surface area contributed by atoms with Crippen LogP contribution in [0.1, 0.15) is 5.56 Å². The summed E-state index contributed by atoms with van der Waals surface area (Å²) in [5.74, 6) is 0.771. The molecule has 152 valence electrons. The molecule has 3 aromatic rings. The maximum absolute atomic E-state index is 12.5. The Balaban J connectivity index is 1.50. The largest absolute Gasteiger partial charge is 0.497 e. The first-order valence-corrected chi connectivity index (χ1v) is 9.84. The fourth-order valence-electron chi connectivity index (χ4n) is 3.10. The third kappa shape index (κ3) is 5.59. The van der Waals surface area contributed by atoms with Crippen LogP contribution in [0.2, 0.25) is 5.02 Å². The number of benzene rings is 2. The number of carbonyl (C=O) groups excluding carboxylic acids is 1. The zero-order valence-electron chi connectivity index (χ0n) is 16.5. The van der Waals surface area contributed by atoms with E-state index in [0.717, 1.165) is 27.9 Å². The SMILES string of the molecule is CN[C@@H](Cc1ccc(OC)cc1)C(=O)NCCNc1ccnc2cc(Cl)ccc12. The number of pyridine rings is 1. The van der Waals surface area contributed by atoms with E-state index in [1.807, 2.05) is 48.5 Å². The second kappa shape index (κ2) is 10.1. The number of methoxy groups -OCH3 is 1. The van der Waals surface area contributed by atoms with Crippen molar-refractivity contribution in [1.29, 1.82) is 0 Å². The van der Waals surface area contributed by atoms with Crippen molar-refractivity contribution >= 4 is 34.1 Å². The van der Waals surface area contributed by atoms with E-state index in [1.54, 1.807) is 20.4 Å². The molecule has 0 unspecified atom stereocenters. The molecule has 6 nitrogen and oxygen atoms in total. The second-order valence-electron chi connectivity index (χ2n) is 6.63. The number of fused-ring (bicyclic) bond motifs is 1. The van der Waals surface area contributed by atoms with Crippen molar-refractivity contribution in [2.75, 3.05) is 32.6 Å². The van der Waals surface area contributed by atoms with Crippen molar-refractivity contribution in [1.82, 2.24) is 15.6 Å². The second-order valence-corrected chi connectivity index (χ2v) is 7.07. The molecule has 29 heavy (non-hydrogen) atoms. The Labute approximate surface area is 175 Å². The number of carbonyl (C=O) groups is 1. The predicted molar refractivity (Wildman–Crippen MR) is 118 cm³/mol. The summed E-state index contributed by atoms with van der Waals surface area (Å²) in [5.41, 5.74) is 2.87. The smallest absolute Gasteiger partial charge is 0.237 e. The van der Waals surface area contributed by atoms with Gasteiger partial charge in [-0.2, -0.15) is 0 Å². The molecule has 7 heteroatoms. The minimum atomic E-state index is -0.299. The molecule has 3 N–H and O–H groups in total. The zero-order valence-corrected chi connectivity index (χ0v) is 17.3. The van der Waals surface area contributed by atoms with Crippen LogP contribution in [0.25, 0.3) is 10.9 Å². The monoisotopic (exact) mass is 412 g/mol. The van der Waals surface area contributed by atoms with Gasteiger partial charge in [0.25, 0.3) is 0 Å². The molecule has 0 aliphatic heterocycles. The number of halogens is 1. The lowest BCUT2D eigenvalue weighted by Gasteiger charge is -2.17.